The molecule has 2 aromatic heterocycles. The average molecular weight is 248 g/mol. The predicted octanol–water partition coefficient (Wildman–Crippen LogP) is 2.44. The van der Waals surface area contributed by atoms with Crippen LogP contribution in [0.25, 0.3) is 0 Å². The molecule has 0 saturated heterocycles. The van der Waals surface area contributed by atoms with Gasteiger partial charge in [-0.2, -0.15) is 5.10 Å². The lowest BCUT2D eigenvalue weighted by molar-refractivity contribution is 0.380. The predicted molar refractivity (Wildman–Crippen MR) is 69.2 cm³/mol. The van der Waals surface area contributed by atoms with Crippen molar-refractivity contribution in [3.63, 3.8) is 0 Å². The molecule has 98 valence electrons. The maximum Gasteiger partial charge on any atom is 0.211 e. The molecule has 0 aliphatic carbocycles. The van der Waals surface area contributed by atoms with Crippen LogP contribution in [0.3, 0.4) is 0 Å². The van der Waals surface area contributed by atoms with E-state index < -0.39 is 0 Å². The van der Waals surface area contributed by atoms with Crippen LogP contribution in [-0.4, -0.2) is 14.8 Å². The molecule has 0 spiro atoms. The highest BCUT2D eigenvalue weighted by Gasteiger charge is 2.17. The summed E-state index contributed by atoms with van der Waals surface area (Å²) in [6.07, 6.45) is 3.79. The van der Waals surface area contributed by atoms with Gasteiger partial charge in [0.1, 0.15) is 5.76 Å². The Balaban J connectivity index is 2.07. The molecule has 5 nitrogen and oxygen atoms in total. The molecule has 0 fully saturated rings. The van der Waals surface area contributed by atoms with E-state index in [2.05, 4.69) is 22.3 Å². The Labute approximate surface area is 107 Å². The van der Waals surface area contributed by atoms with Crippen LogP contribution in [0.4, 0.5) is 0 Å². The van der Waals surface area contributed by atoms with Gasteiger partial charge >= 0.3 is 0 Å². The van der Waals surface area contributed by atoms with E-state index in [-0.39, 0.29) is 12.1 Å². The first-order valence-electron chi connectivity index (χ1n) is 6.16. The van der Waals surface area contributed by atoms with E-state index in [1.165, 1.54) is 5.56 Å². The highest BCUT2D eigenvalue weighted by molar-refractivity contribution is 5.19. The first kappa shape index (κ1) is 12.8. The second-order valence-corrected chi connectivity index (χ2v) is 4.76. The van der Waals surface area contributed by atoms with Crippen LogP contribution in [-0.2, 0) is 7.05 Å². The fraction of sp³-hybridized carbons (Fsp3) is 0.538. The smallest absolute Gasteiger partial charge is 0.211 e. The normalized spacial score (nSPS) is 14.7. The molecule has 0 saturated carbocycles. The highest BCUT2D eigenvalue weighted by Crippen LogP contribution is 2.20. The zero-order valence-electron chi connectivity index (χ0n) is 11.6. The number of nitrogens with zero attached hydrogens (tertiary/aromatic N) is 3. The summed E-state index contributed by atoms with van der Waals surface area (Å²) in [7, 11) is 1.93. The molecule has 2 atom stereocenters. The van der Waals surface area contributed by atoms with Gasteiger partial charge in [-0.1, -0.05) is 0 Å². The molecule has 5 heteroatoms. The molecule has 0 aliphatic heterocycles. The van der Waals surface area contributed by atoms with Gasteiger partial charge in [0, 0.05) is 24.8 Å². The van der Waals surface area contributed by atoms with Gasteiger partial charge < -0.3 is 4.42 Å². The van der Waals surface area contributed by atoms with Crippen molar-refractivity contribution in [2.75, 3.05) is 0 Å². The lowest BCUT2D eigenvalue weighted by atomic mass is 10.1. The van der Waals surface area contributed by atoms with Crippen molar-refractivity contribution in [2.24, 2.45) is 7.05 Å². The molecule has 0 aliphatic rings. The summed E-state index contributed by atoms with van der Waals surface area (Å²) in [5.41, 5.74) is 2.25. The first-order valence-corrected chi connectivity index (χ1v) is 6.16. The lowest BCUT2D eigenvalue weighted by Crippen LogP contribution is -2.23. The Morgan fingerprint density at radius 3 is 2.50 bits per heavy atom. The number of oxazole rings is 1. The summed E-state index contributed by atoms with van der Waals surface area (Å²) in [6, 6.07) is 0.286. The van der Waals surface area contributed by atoms with Crippen LogP contribution in [0.5, 0.6) is 0 Å². The highest BCUT2D eigenvalue weighted by atomic mass is 16.4. The molecule has 0 bridgehead atoms. The number of aromatic nitrogens is 3. The molecular weight excluding hydrogens is 228 g/mol. The quantitative estimate of drug-likeness (QED) is 0.903. The Kier molecular flexibility index (Phi) is 3.52. The van der Waals surface area contributed by atoms with Gasteiger partial charge in [-0.15, -0.1) is 0 Å². The lowest BCUT2D eigenvalue weighted by Gasteiger charge is -2.17. The third-order valence-electron chi connectivity index (χ3n) is 3.03. The van der Waals surface area contributed by atoms with Crippen molar-refractivity contribution in [3.8, 4) is 0 Å². The summed E-state index contributed by atoms with van der Waals surface area (Å²) >= 11 is 0. The van der Waals surface area contributed by atoms with E-state index in [1.54, 1.807) is 6.20 Å². The van der Waals surface area contributed by atoms with Crippen molar-refractivity contribution >= 4 is 0 Å². The zero-order chi connectivity index (χ0) is 13.3. The fourth-order valence-corrected chi connectivity index (χ4v) is 2.15. The molecule has 0 radical (unpaired) electrons. The van der Waals surface area contributed by atoms with Crippen LogP contribution in [0.1, 0.15) is 48.8 Å². The molecule has 2 rings (SSSR count). The summed E-state index contributed by atoms with van der Waals surface area (Å²) in [6.45, 7) is 8.09. The monoisotopic (exact) mass is 248 g/mol. The minimum atomic E-state index is 0.0771. The van der Waals surface area contributed by atoms with E-state index in [0.29, 0.717) is 0 Å². The molecule has 2 heterocycles. The largest absolute Gasteiger partial charge is 0.444 e. The molecule has 2 unspecified atom stereocenters. The van der Waals surface area contributed by atoms with E-state index in [9.17, 15) is 0 Å². The second kappa shape index (κ2) is 4.94. The molecule has 0 aromatic carbocycles. The second-order valence-electron chi connectivity index (χ2n) is 4.76. The third-order valence-corrected chi connectivity index (χ3v) is 3.03. The van der Waals surface area contributed by atoms with Gasteiger partial charge in [-0.05, 0) is 27.7 Å². The topological polar surface area (TPSA) is 55.9 Å². The van der Waals surface area contributed by atoms with E-state index >= 15 is 0 Å². The van der Waals surface area contributed by atoms with E-state index in [0.717, 1.165) is 17.3 Å². The fourth-order valence-electron chi connectivity index (χ4n) is 2.15. The number of hydrogen-bond donors (Lipinski definition) is 1. The standard InChI is InChI=1S/C13H20N4O/c1-8-6-14-13(18-8)11(4)15-9(2)12-7-17(5)16-10(12)3/h6-7,9,11,15H,1-5H3. The Morgan fingerprint density at radius 1 is 1.28 bits per heavy atom. The summed E-state index contributed by atoms with van der Waals surface area (Å²) in [4.78, 5) is 4.24. The molecule has 18 heavy (non-hydrogen) atoms. The Hall–Kier alpha value is -1.62. The maximum atomic E-state index is 5.52. The van der Waals surface area contributed by atoms with Gasteiger partial charge in [-0.25, -0.2) is 4.98 Å². The number of hydrogen-bond acceptors (Lipinski definition) is 4. The van der Waals surface area contributed by atoms with Crippen molar-refractivity contribution in [1.29, 1.82) is 0 Å². The van der Waals surface area contributed by atoms with Crippen molar-refractivity contribution in [3.05, 3.63) is 35.3 Å². The number of nitrogens with one attached hydrogen (secondary N) is 1. The van der Waals surface area contributed by atoms with Gasteiger partial charge in [0.2, 0.25) is 5.89 Å². The van der Waals surface area contributed by atoms with Crippen molar-refractivity contribution < 1.29 is 4.42 Å². The van der Waals surface area contributed by atoms with Gasteiger partial charge in [0.25, 0.3) is 0 Å². The minimum absolute atomic E-state index is 0.0771. The Morgan fingerprint density at radius 2 is 2.00 bits per heavy atom. The summed E-state index contributed by atoms with van der Waals surface area (Å²) < 4.78 is 7.36. The average Bonchev–Trinajstić information content (AvgIpc) is 2.84. The van der Waals surface area contributed by atoms with Crippen LogP contribution < -0.4 is 5.32 Å². The van der Waals surface area contributed by atoms with E-state index in [1.807, 2.05) is 38.7 Å². The number of rotatable bonds is 4. The van der Waals surface area contributed by atoms with Gasteiger partial charge in [-0.3, -0.25) is 10.00 Å². The van der Waals surface area contributed by atoms with Crippen LogP contribution >= 0.6 is 0 Å². The molecule has 1 N–H and O–H groups in total. The van der Waals surface area contributed by atoms with Crippen molar-refractivity contribution in [1.82, 2.24) is 20.1 Å². The number of aryl methyl sites for hydroxylation is 3. The van der Waals surface area contributed by atoms with E-state index in [4.69, 9.17) is 4.42 Å². The minimum Gasteiger partial charge on any atom is -0.444 e. The summed E-state index contributed by atoms with van der Waals surface area (Å²) in [5, 5.41) is 7.82. The molecule has 0 amide bonds. The molecule has 2 aromatic rings. The van der Waals surface area contributed by atoms with Gasteiger partial charge in [0.05, 0.1) is 17.9 Å². The first-order chi connectivity index (χ1) is 8.47. The Bertz CT molecular complexity index is 529. The van der Waals surface area contributed by atoms with Crippen LogP contribution in [0.15, 0.2) is 16.8 Å². The van der Waals surface area contributed by atoms with Gasteiger partial charge in [0.15, 0.2) is 0 Å². The van der Waals surface area contributed by atoms with Crippen LogP contribution in [0.2, 0.25) is 0 Å². The van der Waals surface area contributed by atoms with Crippen molar-refractivity contribution in [2.45, 2.75) is 39.8 Å². The van der Waals surface area contributed by atoms with Crippen LogP contribution in [0, 0.1) is 13.8 Å². The SMILES string of the molecule is Cc1cnc(C(C)NC(C)c2cn(C)nc2C)o1. The zero-order valence-corrected chi connectivity index (χ0v) is 11.6. The molecular formula is C13H20N4O. The summed E-state index contributed by atoms with van der Waals surface area (Å²) in [5.74, 6) is 1.56. The maximum absolute atomic E-state index is 5.52. The third kappa shape index (κ3) is 2.61.